The summed E-state index contributed by atoms with van der Waals surface area (Å²) in [7, 11) is 0. The van der Waals surface area contributed by atoms with Crippen molar-refractivity contribution >= 4 is 33.3 Å². The van der Waals surface area contributed by atoms with Gasteiger partial charge < -0.3 is 19.7 Å². The molecular weight excluding hydrogens is 457 g/mol. The van der Waals surface area contributed by atoms with Gasteiger partial charge in [0, 0.05) is 23.8 Å². The van der Waals surface area contributed by atoms with Crippen molar-refractivity contribution in [1.29, 1.82) is 0 Å². The zero-order chi connectivity index (χ0) is 20.4. The summed E-state index contributed by atoms with van der Waals surface area (Å²) in [5.41, 5.74) is 1.23. The molecule has 0 saturated carbocycles. The summed E-state index contributed by atoms with van der Waals surface area (Å²) in [5.74, 6) is 0.742. The van der Waals surface area contributed by atoms with Gasteiger partial charge in [-0.25, -0.2) is 4.39 Å². The lowest BCUT2D eigenvalue weighted by atomic mass is 10.0. The third-order valence-corrected chi connectivity index (χ3v) is 5.72. The second kappa shape index (κ2) is 8.61. The fraction of sp³-hybridized carbons (Fsp3) is 0.238. The van der Waals surface area contributed by atoms with Crippen molar-refractivity contribution in [1.82, 2.24) is 15.2 Å². The maximum absolute atomic E-state index is 14.4. The van der Waals surface area contributed by atoms with E-state index in [4.69, 9.17) is 16.6 Å². The van der Waals surface area contributed by atoms with Crippen LogP contribution in [0, 0.1) is 5.82 Å². The van der Waals surface area contributed by atoms with Crippen LogP contribution in [0.3, 0.4) is 0 Å². The fourth-order valence-electron chi connectivity index (χ4n) is 3.54. The first kappa shape index (κ1) is 20.0. The molecule has 4 rings (SSSR count). The van der Waals surface area contributed by atoms with Crippen molar-refractivity contribution in [2.75, 3.05) is 13.2 Å². The predicted molar refractivity (Wildman–Crippen MR) is 116 cm³/mol. The molecule has 2 aromatic heterocycles. The van der Waals surface area contributed by atoms with Crippen LogP contribution >= 0.6 is 28.1 Å². The number of hydrogen-bond donors (Lipinski definition) is 2. The summed E-state index contributed by atoms with van der Waals surface area (Å²) in [5, 5.41) is 13.2. The van der Waals surface area contributed by atoms with Crippen molar-refractivity contribution in [2.45, 2.75) is 18.5 Å². The first-order valence-electron chi connectivity index (χ1n) is 9.22. The molecule has 29 heavy (non-hydrogen) atoms. The van der Waals surface area contributed by atoms with E-state index in [2.05, 4.69) is 26.2 Å². The number of thiocarbonyl (C=S) groups is 1. The predicted octanol–water partition coefficient (Wildman–Crippen LogP) is 4.60. The summed E-state index contributed by atoms with van der Waals surface area (Å²) in [6.07, 6.45) is 2.31. The van der Waals surface area contributed by atoms with E-state index < -0.39 is 0 Å². The van der Waals surface area contributed by atoms with Gasteiger partial charge in [-0.05, 0) is 61.1 Å². The minimum absolute atomic E-state index is 0.0631. The largest absolute Gasteiger partial charge is 0.459 e. The van der Waals surface area contributed by atoms with E-state index in [1.54, 1.807) is 24.4 Å². The number of benzene rings is 1. The lowest BCUT2D eigenvalue weighted by Crippen LogP contribution is -2.30. The number of nitrogens with zero attached hydrogens (tertiary/aromatic N) is 2. The Morgan fingerprint density at radius 3 is 2.83 bits per heavy atom. The highest BCUT2D eigenvalue weighted by atomic mass is 79.9. The number of hydrogen-bond acceptors (Lipinski definition) is 4. The second-order valence-corrected chi connectivity index (χ2v) is 8.03. The normalized spacial score (nSPS) is 18.9. The maximum Gasteiger partial charge on any atom is 0.170 e. The molecule has 8 heteroatoms. The topological polar surface area (TPSA) is 61.5 Å². The van der Waals surface area contributed by atoms with E-state index in [0.29, 0.717) is 39.6 Å². The lowest BCUT2D eigenvalue weighted by molar-refractivity contribution is 0.232. The van der Waals surface area contributed by atoms with Gasteiger partial charge in [0.05, 0.1) is 17.3 Å². The first-order valence-corrected chi connectivity index (χ1v) is 10.4. The molecule has 3 heterocycles. The van der Waals surface area contributed by atoms with Crippen LogP contribution in [0.1, 0.15) is 30.0 Å². The van der Waals surface area contributed by atoms with Crippen LogP contribution in [0.2, 0.25) is 0 Å². The van der Waals surface area contributed by atoms with Crippen molar-refractivity contribution < 1.29 is 13.9 Å². The number of rotatable bonds is 6. The monoisotopic (exact) mass is 475 g/mol. The Kier molecular flexibility index (Phi) is 5.94. The fourth-order valence-corrected chi connectivity index (χ4v) is 4.21. The van der Waals surface area contributed by atoms with E-state index in [-0.39, 0.29) is 24.5 Å². The number of aliphatic hydroxyl groups excluding tert-OH is 1. The summed E-state index contributed by atoms with van der Waals surface area (Å²) >= 11 is 8.81. The highest BCUT2D eigenvalue weighted by Gasteiger charge is 2.41. The van der Waals surface area contributed by atoms with Crippen LogP contribution in [0.15, 0.2) is 63.6 Å². The summed E-state index contributed by atoms with van der Waals surface area (Å²) < 4.78 is 21.2. The molecule has 0 aliphatic carbocycles. The molecule has 0 bridgehead atoms. The zero-order valence-corrected chi connectivity index (χ0v) is 17.8. The standard InChI is InChI=1S/C21H19BrFN3O2S/c22-13-5-6-14(15(23)12-13)17-7-8-18(28-17)20-19(16-4-1-2-9-24-16)25-21(29)26(20)10-3-11-27/h1-2,4-9,12,19-20,27H,3,10-11H2,(H,25,29)/t19-,20-/m1/s1. The molecular formula is C21H19BrFN3O2S. The van der Waals surface area contributed by atoms with Gasteiger partial charge in [0.1, 0.15) is 23.4 Å². The Morgan fingerprint density at radius 1 is 1.24 bits per heavy atom. The van der Waals surface area contributed by atoms with Crippen LogP contribution < -0.4 is 5.32 Å². The molecule has 0 amide bonds. The van der Waals surface area contributed by atoms with Crippen LogP contribution in [0.25, 0.3) is 11.3 Å². The molecule has 2 N–H and O–H groups in total. The summed E-state index contributed by atoms with van der Waals surface area (Å²) in [6.45, 7) is 0.632. The molecule has 1 aliphatic heterocycles. The summed E-state index contributed by atoms with van der Waals surface area (Å²) in [4.78, 5) is 6.46. The first-order chi connectivity index (χ1) is 14.1. The van der Waals surface area contributed by atoms with Gasteiger partial charge in [0.25, 0.3) is 0 Å². The number of pyridine rings is 1. The molecule has 1 fully saturated rings. The molecule has 0 unspecified atom stereocenters. The maximum atomic E-state index is 14.4. The second-order valence-electron chi connectivity index (χ2n) is 6.72. The number of aromatic nitrogens is 1. The van der Waals surface area contributed by atoms with Crippen molar-refractivity contribution in [3.05, 3.63) is 76.5 Å². The number of aliphatic hydroxyl groups is 1. The Bertz CT molecular complexity index is 1010. The molecule has 1 aliphatic rings. The van der Waals surface area contributed by atoms with E-state index >= 15 is 0 Å². The van der Waals surface area contributed by atoms with Crippen LogP contribution in [-0.4, -0.2) is 33.3 Å². The zero-order valence-electron chi connectivity index (χ0n) is 15.4. The smallest absolute Gasteiger partial charge is 0.170 e. The average Bonchev–Trinajstić information content (AvgIpc) is 3.31. The van der Waals surface area contributed by atoms with E-state index in [9.17, 15) is 9.50 Å². The van der Waals surface area contributed by atoms with Crippen molar-refractivity contribution in [3.63, 3.8) is 0 Å². The third kappa shape index (κ3) is 4.05. The number of halogens is 2. The van der Waals surface area contributed by atoms with Gasteiger partial charge in [-0.3, -0.25) is 4.98 Å². The third-order valence-electron chi connectivity index (χ3n) is 4.87. The van der Waals surface area contributed by atoms with E-state index in [1.807, 2.05) is 29.2 Å². The minimum Gasteiger partial charge on any atom is -0.459 e. The average molecular weight is 476 g/mol. The highest BCUT2D eigenvalue weighted by Crippen LogP contribution is 2.40. The molecule has 150 valence electrons. The molecule has 1 aromatic carbocycles. The highest BCUT2D eigenvalue weighted by molar-refractivity contribution is 9.10. The Balaban J connectivity index is 1.72. The Labute approximate surface area is 181 Å². The Morgan fingerprint density at radius 2 is 2.10 bits per heavy atom. The van der Waals surface area contributed by atoms with Crippen molar-refractivity contribution in [3.8, 4) is 11.3 Å². The molecule has 5 nitrogen and oxygen atoms in total. The van der Waals surface area contributed by atoms with Crippen LogP contribution in [-0.2, 0) is 0 Å². The van der Waals surface area contributed by atoms with Gasteiger partial charge in [-0.1, -0.05) is 22.0 Å². The lowest BCUT2D eigenvalue weighted by Gasteiger charge is -2.25. The van der Waals surface area contributed by atoms with Gasteiger partial charge in [-0.15, -0.1) is 0 Å². The van der Waals surface area contributed by atoms with Crippen LogP contribution in [0.4, 0.5) is 4.39 Å². The summed E-state index contributed by atoms with van der Waals surface area (Å²) in [6, 6.07) is 13.7. The molecule has 3 aromatic rings. The molecule has 0 spiro atoms. The quantitative estimate of drug-likeness (QED) is 0.508. The molecule has 2 atom stereocenters. The van der Waals surface area contributed by atoms with Crippen molar-refractivity contribution in [2.24, 2.45) is 0 Å². The van der Waals surface area contributed by atoms with E-state index in [1.165, 1.54) is 6.07 Å². The van der Waals surface area contributed by atoms with Crippen LogP contribution in [0.5, 0.6) is 0 Å². The Hall–Kier alpha value is -2.29. The van der Waals surface area contributed by atoms with Gasteiger partial charge in [0.2, 0.25) is 0 Å². The SMILES string of the molecule is OCCCN1C(=S)N[C@H](c2ccccn2)[C@H]1c1ccc(-c2ccc(Br)cc2F)o1. The molecule has 0 radical (unpaired) electrons. The minimum atomic E-state index is -0.362. The van der Waals surface area contributed by atoms with Gasteiger partial charge in [0.15, 0.2) is 5.11 Å². The van der Waals surface area contributed by atoms with Gasteiger partial charge in [-0.2, -0.15) is 0 Å². The van der Waals surface area contributed by atoms with Gasteiger partial charge >= 0.3 is 0 Å². The van der Waals surface area contributed by atoms with E-state index in [0.717, 1.165) is 5.69 Å². The number of furan rings is 1. The molecule has 1 saturated heterocycles. The number of nitrogens with one attached hydrogen (secondary N) is 1.